The lowest BCUT2D eigenvalue weighted by atomic mass is 9.39. The first-order valence-electron chi connectivity index (χ1n) is 10.7. The summed E-state index contributed by atoms with van der Waals surface area (Å²) in [6, 6.07) is 0. The fourth-order valence-corrected chi connectivity index (χ4v) is 8.65. The minimum atomic E-state index is -0.576. The van der Waals surface area contributed by atoms with E-state index in [1.165, 1.54) is 19.8 Å². The molecule has 0 aromatic rings. The van der Waals surface area contributed by atoms with E-state index in [9.17, 15) is 15.0 Å². The third kappa shape index (κ3) is 2.04. The number of carbonyl (C=O) groups excluding carboxylic acids is 1. The maximum absolute atomic E-state index is 12.0. The molecule has 0 radical (unpaired) electrons. The Balaban J connectivity index is 1.65. The lowest BCUT2D eigenvalue weighted by molar-refractivity contribution is -0.250. The molecule has 4 unspecified atom stereocenters. The van der Waals surface area contributed by atoms with Gasteiger partial charge in [-0.25, -0.2) is 0 Å². The van der Waals surface area contributed by atoms with Gasteiger partial charge in [0.1, 0.15) is 6.10 Å². The summed E-state index contributed by atoms with van der Waals surface area (Å²) in [7, 11) is 0. The first-order valence-corrected chi connectivity index (χ1v) is 10.7. The summed E-state index contributed by atoms with van der Waals surface area (Å²) in [6.45, 7) is 8.59. The number of hydrogen-bond donors (Lipinski definition) is 2. The summed E-state index contributed by atoms with van der Waals surface area (Å²) in [4.78, 5) is 12.0. The molecule has 2 N–H and O–H groups in total. The Hall–Kier alpha value is -0.650. The van der Waals surface area contributed by atoms with Crippen molar-refractivity contribution in [2.24, 2.45) is 33.5 Å². The Morgan fingerprint density at radius 3 is 2.56 bits per heavy atom. The number of ether oxygens (including phenoxy) is 2. The van der Waals surface area contributed by atoms with Crippen molar-refractivity contribution >= 4 is 5.97 Å². The van der Waals surface area contributed by atoms with Crippen LogP contribution >= 0.6 is 0 Å². The van der Waals surface area contributed by atoms with Gasteiger partial charge in [0.15, 0.2) is 0 Å². The summed E-state index contributed by atoms with van der Waals surface area (Å²) >= 11 is 0. The summed E-state index contributed by atoms with van der Waals surface area (Å²) in [5.74, 6) is 0.500. The smallest absolute Gasteiger partial charge is 0.302 e. The number of carbonyl (C=O) groups is 1. The number of hydrogen-bond acceptors (Lipinski definition) is 5. The van der Waals surface area contributed by atoms with Gasteiger partial charge in [-0.3, -0.25) is 4.79 Å². The van der Waals surface area contributed by atoms with Crippen molar-refractivity contribution in [3.05, 3.63) is 0 Å². The number of esters is 1. The predicted octanol–water partition coefficient (Wildman–Crippen LogP) is 2.67. The highest BCUT2D eigenvalue weighted by atomic mass is 16.6. The van der Waals surface area contributed by atoms with E-state index in [1.54, 1.807) is 0 Å². The molecule has 5 fully saturated rings. The standard InChI is InChI=1S/C22H34O5/c1-12(24)26-16-9-13-19(2,3)6-5-7-20(13,4)14-8-15(25)21(11-23)10-22(14,16)18-17(21)27-18/h13-18,23,25H,5-11H2,1-4H3/t13?,14?,15-,16+,17?,18?,20-,21+,22+/m1/s1. The van der Waals surface area contributed by atoms with Crippen LogP contribution in [0, 0.1) is 33.5 Å². The highest BCUT2D eigenvalue weighted by molar-refractivity contribution is 5.66. The van der Waals surface area contributed by atoms with Gasteiger partial charge in [-0.2, -0.15) is 0 Å². The molecular weight excluding hydrogens is 344 g/mol. The average molecular weight is 379 g/mol. The fraction of sp³-hybridized carbons (Fsp3) is 0.955. The molecule has 4 aliphatic carbocycles. The van der Waals surface area contributed by atoms with Gasteiger partial charge in [0.2, 0.25) is 0 Å². The monoisotopic (exact) mass is 378 g/mol. The molecule has 27 heavy (non-hydrogen) atoms. The lowest BCUT2D eigenvalue weighted by Crippen LogP contribution is -2.66. The number of epoxide rings is 1. The molecule has 5 nitrogen and oxygen atoms in total. The van der Waals surface area contributed by atoms with Crippen LogP contribution in [0.2, 0.25) is 0 Å². The first-order chi connectivity index (χ1) is 12.6. The van der Waals surface area contributed by atoms with Gasteiger partial charge in [0.05, 0.1) is 24.9 Å². The zero-order valence-corrected chi connectivity index (χ0v) is 17.0. The van der Waals surface area contributed by atoms with Crippen LogP contribution in [0.15, 0.2) is 0 Å². The second-order valence-corrected chi connectivity index (χ2v) is 11.2. The first kappa shape index (κ1) is 18.4. The summed E-state index contributed by atoms with van der Waals surface area (Å²) in [5.41, 5.74) is -0.516. The number of aliphatic hydroxyl groups is 2. The van der Waals surface area contributed by atoms with Crippen molar-refractivity contribution < 1.29 is 24.5 Å². The molecule has 5 rings (SSSR count). The molecule has 152 valence electrons. The summed E-state index contributed by atoms with van der Waals surface area (Å²) < 4.78 is 12.1. The predicted molar refractivity (Wildman–Crippen MR) is 98.7 cm³/mol. The fourth-order valence-electron chi connectivity index (χ4n) is 8.65. The SMILES string of the molecule is CC(=O)O[C@H]1CC2C(C)(C)CCC[C@@]2(C)C2C[C@@H](O)[C@@]3(CO)C[C@]21C1OC13. The van der Waals surface area contributed by atoms with E-state index < -0.39 is 11.5 Å². The van der Waals surface area contributed by atoms with E-state index in [-0.39, 0.29) is 53.1 Å². The van der Waals surface area contributed by atoms with Crippen molar-refractivity contribution in [3.63, 3.8) is 0 Å². The van der Waals surface area contributed by atoms with Crippen LogP contribution in [0.3, 0.4) is 0 Å². The Labute approximate surface area is 161 Å². The Morgan fingerprint density at radius 1 is 1.15 bits per heavy atom. The zero-order valence-electron chi connectivity index (χ0n) is 17.0. The molecule has 0 aromatic carbocycles. The van der Waals surface area contributed by atoms with Crippen LogP contribution < -0.4 is 0 Å². The molecule has 0 amide bonds. The molecule has 5 aliphatic rings. The molecule has 0 aromatic heterocycles. The Morgan fingerprint density at radius 2 is 1.89 bits per heavy atom. The quantitative estimate of drug-likeness (QED) is 0.570. The van der Waals surface area contributed by atoms with Crippen LogP contribution in [-0.2, 0) is 14.3 Å². The molecule has 5 heteroatoms. The van der Waals surface area contributed by atoms with Gasteiger partial charge in [-0.1, -0.05) is 27.2 Å². The lowest BCUT2D eigenvalue weighted by Gasteiger charge is -2.67. The van der Waals surface area contributed by atoms with E-state index in [4.69, 9.17) is 9.47 Å². The van der Waals surface area contributed by atoms with E-state index in [2.05, 4.69) is 20.8 Å². The normalized spacial score (nSPS) is 57.3. The number of rotatable bonds is 2. The van der Waals surface area contributed by atoms with Gasteiger partial charge < -0.3 is 19.7 Å². The van der Waals surface area contributed by atoms with Crippen LogP contribution in [0.5, 0.6) is 0 Å². The summed E-state index contributed by atoms with van der Waals surface area (Å²) in [6.07, 6.45) is 5.07. The van der Waals surface area contributed by atoms with Gasteiger partial charge in [-0.15, -0.1) is 0 Å². The average Bonchev–Trinajstić information content (AvgIpc) is 3.34. The maximum atomic E-state index is 12.0. The minimum absolute atomic E-state index is 0.0129. The highest BCUT2D eigenvalue weighted by Gasteiger charge is 2.83. The molecule has 9 atom stereocenters. The second-order valence-electron chi connectivity index (χ2n) is 11.2. The largest absolute Gasteiger partial charge is 0.462 e. The second kappa shape index (κ2) is 5.28. The van der Waals surface area contributed by atoms with Gasteiger partial charge in [-0.05, 0) is 54.8 Å². The molecule has 1 spiro atoms. The van der Waals surface area contributed by atoms with Crippen molar-refractivity contribution in [3.8, 4) is 0 Å². The third-order valence-electron chi connectivity index (χ3n) is 9.72. The Bertz CT molecular complexity index is 676. The van der Waals surface area contributed by atoms with Crippen LogP contribution in [0.4, 0.5) is 0 Å². The molecular formula is C22H34O5. The molecule has 1 aliphatic heterocycles. The maximum Gasteiger partial charge on any atom is 0.302 e. The van der Waals surface area contributed by atoms with E-state index in [0.717, 1.165) is 19.3 Å². The third-order valence-corrected chi connectivity index (χ3v) is 9.72. The minimum Gasteiger partial charge on any atom is -0.462 e. The van der Waals surface area contributed by atoms with Crippen LogP contribution in [-0.4, -0.2) is 47.2 Å². The van der Waals surface area contributed by atoms with Crippen LogP contribution in [0.1, 0.15) is 66.2 Å². The molecule has 2 bridgehead atoms. The van der Waals surface area contributed by atoms with Crippen molar-refractivity contribution in [2.45, 2.75) is 90.6 Å². The van der Waals surface area contributed by atoms with Crippen molar-refractivity contribution in [1.29, 1.82) is 0 Å². The van der Waals surface area contributed by atoms with Crippen molar-refractivity contribution in [1.82, 2.24) is 0 Å². The van der Waals surface area contributed by atoms with E-state index >= 15 is 0 Å². The van der Waals surface area contributed by atoms with Gasteiger partial charge in [0.25, 0.3) is 0 Å². The van der Waals surface area contributed by atoms with E-state index in [1.807, 2.05) is 0 Å². The zero-order chi connectivity index (χ0) is 19.4. The molecule has 4 saturated carbocycles. The highest BCUT2D eigenvalue weighted by Crippen LogP contribution is 2.78. The van der Waals surface area contributed by atoms with Gasteiger partial charge >= 0.3 is 5.97 Å². The van der Waals surface area contributed by atoms with E-state index in [0.29, 0.717) is 12.3 Å². The summed E-state index contributed by atoms with van der Waals surface area (Å²) in [5, 5.41) is 21.4. The van der Waals surface area contributed by atoms with Crippen LogP contribution in [0.25, 0.3) is 0 Å². The topological polar surface area (TPSA) is 79.3 Å². The number of fused-ring (bicyclic) bond motifs is 5. The molecule has 1 saturated heterocycles. The van der Waals surface area contributed by atoms with Crippen molar-refractivity contribution in [2.75, 3.05) is 6.61 Å². The van der Waals surface area contributed by atoms with Gasteiger partial charge in [0, 0.05) is 17.8 Å². The number of aliphatic hydroxyl groups excluding tert-OH is 2. The molecule has 1 heterocycles. The Kier molecular flexibility index (Phi) is 3.60.